The van der Waals surface area contributed by atoms with E-state index in [-0.39, 0.29) is 25.5 Å². The summed E-state index contributed by atoms with van der Waals surface area (Å²) in [5, 5.41) is 12.4. The average Bonchev–Trinajstić information content (AvgIpc) is 2.61. The molecule has 0 unspecified atom stereocenters. The highest BCUT2D eigenvalue weighted by Crippen LogP contribution is 2.33. The number of carbonyl (C=O) groups is 2. The first-order valence-corrected chi connectivity index (χ1v) is 9.31. The Morgan fingerprint density at radius 1 is 1.21 bits per heavy atom. The molecule has 1 heterocycles. The lowest BCUT2D eigenvalue weighted by Crippen LogP contribution is -3.15. The molecule has 6 nitrogen and oxygen atoms in total. The number of piperazine rings is 1. The smallest absolute Gasteiger partial charge is 0.380 e. The van der Waals surface area contributed by atoms with E-state index in [4.69, 9.17) is 0 Å². The van der Waals surface area contributed by atoms with Crippen LogP contribution in [-0.2, 0) is 16.0 Å². The van der Waals surface area contributed by atoms with Crippen molar-refractivity contribution < 1.29 is 32.8 Å². The van der Waals surface area contributed by atoms with Crippen LogP contribution in [0.2, 0.25) is 0 Å². The van der Waals surface area contributed by atoms with Crippen LogP contribution in [0.25, 0.3) is 0 Å². The Balaban J connectivity index is 1.82. The quantitative estimate of drug-likeness (QED) is 0.653. The highest BCUT2D eigenvalue weighted by atomic mass is 19.4. The van der Waals surface area contributed by atoms with E-state index in [0.717, 1.165) is 22.6 Å². The maximum absolute atomic E-state index is 12.7. The van der Waals surface area contributed by atoms with Crippen LogP contribution in [0.3, 0.4) is 0 Å². The summed E-state index contributed by atoms with van der Waals surface area (Å²) < 4.78 is 38.2. The molecule has 0 aromatic heterocycles. The molecule has 1 aromatic rings. The van der Waals surface area contributed by atoms with Gasteiger partial charge in [0.05, 0.1) is 32.6 Å². The van der Waals surface area contributed by atoms with E-state index >= 15 is 0 Å². The second-order valence-electron chi connectivity index (χ2n) is 7.31. The van der Waals surface area contributed by atoms with Gasteiger partial charge in [0.1, 0.15) is 0 Å². The van der Waals surface area contributed by atoms with E-state index < -0.39 is 24.1 Å². The second-order valence-corrected chi connectivity index (χ2v) is 7.31. The molecular formula is C19H27F3N3O3+. The van der Waals surface area contributed by atoms with Crippen LogP contribution in [0.1, 0.15) is 25.8 Å². The summed E-state index contributed by atoms with van der Waals surface area (Å²) in [7, 11) is 0. The minimum atomic E-state index is -4.86. The predicted octanol–water partition coefficient (Wildman–Crippen LogP) is 0.618. The van der Waals surface area contributed by atoms with Gasteiger partial charge < -0.3 is 20.2 Å². The number of quaternary nitrogens is 1. The fraction of sp³-hybridized carbons (Fsp3) is 0.579. The van der Waals surface area contributed by atoms with Crippen LogP contribution in [0, 0.1) is 0 Å². The van der Waals surface area contributed by atoms with Crippen molar-refractivity contribution >= 4 is 17.5 Å². The first-order valence-electron chi connectivity index (χ1n) is 9.31. The maximum Gasteiger partial charge on any atom is 0.417 e. The summed E-state index contributed by atoms with van der Waals surface area (Å²) in [4.78, 5) is 26.6. The molecule has 1 fully saturated rings. The molecule has 1 saturated heterocycles. The first-order chi connectivity index (χ1) is 13.0. The van der Waals surface area contributed by atoms with Crippen molar-refractivity contribution in [1.29, 1.82) is 0 Å². The fourth-order valence-corrected chi connectivity index (χ4v) is 3.13. The zero-order valence-corrected chi connectivity index (χ0v) is 16.1. The van der Waals surface area contributed by atoms with Crippen LogP contribution in [-0.4, -0.2) is 66.3 Å². The van der Waals surface area contributed by atoms with Gasteiger partial charge in [0.2, 0.25) is 5.91 Å². The Hall–Kier alpha value is -2.13. The van der Waals surface area contributed by atoms with Gasteiger partial charge in [0.15, 0.2) is 12.1 Å². The number of aliphatic hydroxyl groups is 1. The zero-order chi connectivity index (χ0) is 20.9. The first kappa shape index (κ1) is 22.2. The van der Waals surface area contributed by atoms with Crippen LogP contribution in [0.5, 0.6) is 0 Å². The van der Waals surface area contributed by atoms with Crippen LogP contribution >= 0.6 is 0 Å². The number of rotatable bonds is 6. The highest BCUT2D eigenvalue weighted by molar-refractivity contribution is 5.92. The third kappa shape index (κ3) is 5.68. The number of carbonyl (C=O) groups excluding carboxylic acids is 2. The van der Waals surface area contributed by atoms with Crippen molar-refractivity contribution in [1.82, 2.24) is 4.90 Å². The fourth-order valence-electron chi connectivity index (χ4n) is 3.13. The largest absolute Gasteiger partial charge is 0.417 e. The Bertz CT molecular complexity index is 699. The minimum absolute atomic E-state index is 0.143. The summed E-state index contributed by atoms with van der Waals surface area (Å²) in [5.74, 6) is -0.876. The number of hydrogen-bond acceptors (Lipinski definition) is 3. The molecule has 3 N–H and O–H groups in total. The SMILES string of the molecule is CCc1ccccc1NC(=O)C[NH+]1CCN(C(=O)C[C@@](C)(O)C(F)(F)F)CC1. The number of hydrogen-bond donors (Lipinski definition) is 3. The molecule has 2 rings (SSSR count). The van der Waals surface area contributed by atoms with Gasteiger partial charge in [-0.15, -0.1) is 0 Å². The zero-order valence-electron chi connectivity index (χ0n) is 16.1. The molecule has 9 heteroatoms. The number of para-hydroxylation sites is 1. The van der Waals surface area contributed by atoms with Gasteiger partial charge in [-0.05, 0) is 25.0 Å². The third-order valence-electron chi connectivity index (χ3n) is 5.01. The molecule has 2 amide bonds. The number of alkyl halides is 3. The number of halogens is 3. The number of nitrogens with one attached hydrogen (secondary N) is 2. The van der Waals surface area contributed by atoms with E-state index in [1.807, 2.05) is 31.2 Å². The molecule has 0 radical (unpaired) electrons. The van der Waals surface area contributed by atoms with E-state index in [0.29, 0.717) is 20.0 Å². The number of aryl methyl sites for hydroxylation is 1. The summed E-state index contributed by atoms with van der Waals surface area (Å²) in [5.41, 5.74) is -1.23. The molecule has 0 spiro atoms. The Morgan fingerprint density at radius 3 is 2.39 bits per heavy atom. The molecule has 0 bridgehead atoms. The van der Waals surface area contributed by atoms with E-state index in [2.05, 4.69) is 5.32 Å². The highest BCUT2D eigenvalue weighted by Gasteiger charge is 2.51. The molecule has 1 aliphatic rings. The van der Waals surface area contributed by atoms with Gasteiger partial charge >= 0.3 is 6.18 Å². The summed E-state index contributed by atoms with van der Waals surface area (Å²) in [6, 6.07) is 7.55. The van der Waals surface area contributed by atoms with Crippen LogP contribution < -0.4 is 10.2 Å². The molecular weight excluding hydrogens is 375 g/mol. The molecule has 1 atom stereocenters. The van der Waals surface area contributed by atoms with Crippen molar-refractivity contribution in [3.63, 3.8) is 0 Å². The molecule has 1 aliphatic heterocycles. The van der Waals surface area contributed by atoms with Gasteiger partial charge in [-0.2, -0.15) is 13.2 Å². The van der Waals surface area contributed by atoms with Gasteiger partial charge in [-0.25, -0.2) is 0 Å². The summed E-state index contributed by atoms with van der Waals surface area (Å²) >= 11 is 0. The average molecular weight is 402 g/mol. The lowest BCUT2D eigenvalue weighted by Gasteiger charge is -2.34. The Kier molecular flexibility index (Phi) is 7.06. The second kappa shape index (κ2) is 8.91. The molecule has 1 aromatic carbocycles. The topological polar surface area (TPSA) is 74.1 Å². The minimum Gasteiger partial charge on any atom is -0.380 e. The van der Waals surface area contributed by atoms with Crippen LogP contribution in [0.15, 0.2) is 24.3 Å². The number of anilines is 1. The standard InChI is InChI=1S/C19H26F3N3O3/c1-3-14-6-4-5-7-15(14)23-16(26)13-24-8-10-25(11-9-24)17(27)12-18(2,28)19(20,21)22/h4-7,28H,3,8-13H2,1-2H3,(H,23,26)/p+1/t18-/m1/s1. The lowest BCUT2D eigenvalue weighted by atomic mass is 10.0. The number of nitrogens with zero attached hydrogens (tertiary/aromatic N) is 1. The molecule has 0 saturated carbocycles. The predicted molar refractivity (Wildman–Crippen MR) is 97.9 cm³/mol. The summed E-state index contributed by atoms with van der Waals surface area (Å²) in [6.07, 6.45) is -5.06. The Labute approximate surface area is 162 Å². The molecule has 0 aliphatic carbocycles. The lowest BCUT2D eigenvalue weighted by molar-refractivity contribution is -0.895. The van der Waals surface area contributed by atoms with Gasteiger partial charge in [0.25, 0.3) is 5.91 Å². The Morgan fingerprint density at radius 2 is 1.82 bits per heavy atom. The normalized spacial score (nSPS) is 17.9. The molecule has 28 heavy (non-hydrogen) atoms. The van der Waals surface area contributed by atoms with Crippen molar-refractivity contribution in [2.24, 2.45) is 0 Å². The van der Waals surface area contributed by atoms with Gasteiger partial charge in [-0.3, -0.25) is 9.59 Å². The van der Waals surface area contributed by atoms with E-state index in [1.54, 1.807) is 0 Å². The van der Waals surface area contributed by atoms with E-state index in [1.165, 1.54) is 4.90 Å². The number of amides is 2. The van der Waals surface area contributed by atoms with Crippen molar-refractivity contribution in [2.75, 3.05) is 38.0 Å². The van der Waals surface area contributed by atoms with Crippen molar-refractivity contribution in [2.45, 2.75) is 38.5 Å². The van der Waals surface area contributed by atoms with Crippen LogP contribution in [0.4, 0.5) is 18.9 Å². The summed E-state index contributed by atoms with van der Waals surface area (Å²) in [6.45, 7) is 4.25. The van der Waals surface area contributed by atoms with Gasteiger partial charge in [0, 0.05) is 5.69 Å². The van der Waals surface area contributed by atoms with Gasteiger partial charge in [-0.1, -0.05) is 25.1 Å². The van der Waals surface area contributed by atoms with E-state index in [9.17, 15) is 27.9 Å². The number of benzene rings is 1. The monoisotopic (exact) mass is 402 g/mol. The van der Waals surface area contributed by atoms with Crippen molar-refractivity contribution in [3.05, 3.63) is 29.8 Å². The van der Waals surface area contributed by atoms with Crippen molar-refractivity contribution in [3.8, 4) is 0 Å². The maximum atomic E-state index is 12.7. The third-order valence-corrected chi connectivity index (χ3v) is 5.01. The molecule has 156 valence electrons.